The van der Waals surface area contributed by atoms with Crippen LogP contribution in [0.2, 0.25) is 5.02 Å². The van der Waals surface area contributed by atoms with E-state index in [0.29, 0.717) is 10.6 Å². The lowest BCUT2D eigenvalue weighted by Gasteiger charge is -2.05. The van der Waals surface area contributed by atoms with Gasteiger partial charge in [0.2, 0.25) is 0 Å². The highest BCUT2D eigenvalue weighted by atomic mass is 35.5. The van der Waals surface area contributed by atoms with Crippen molar-refractivity contribution >= 4 is 22.7 Å². The first-order valence-corrected chi connectivity index (χ1v) is 4.61. The van der Waals surface area contributed by atoms with E-state index in [4.69, 9.17) is 11.6 Å². The molecule has 0 aromatic heterocycles. The zero-order chi connectivity index (χ0) is 8.27. The van der Waals surface area contributed by atoms with Gasteiger partial charge in [0.15, 0.2) is 0 Å². The number of halogens is 1. The van der Waals surface area contributed by atoms with Crippen molar-refractivity contribution in [2.45, 2.75) is 5.75 Å². The van der Waals surface area contributed by atoms with Crippen LogP contribution in [0, 0.1) is 0 Å². The maximum absolute atomic E-state index is 10.3. The summed E-state index contributed by atoms with van der Waals surface area (Å²) in [5.41, 5.74) is 0.641. The van der Waals surface area contributed by atoms with Gasteiger partial charge in [-0.05, 0) is 11.6 Å². The summed E-state index contributed by atoms with van der Waals surface area (Å²) in [6.07, 6.45) is 0. The maximum Gasteiger partial charge on any atom is 0.0446 e. The van der Waals surface area contributed by atoms with Crippen LogP contribution in [0.5, 0.6) is 0 Å². The smallest absolute Gasteiger partial charge is 0.0446 e. The van der Waals surface area contributed by atoms with Gasteiger partial charge in [-0.3, -0.25) is 4.21 Å². The minimum atomic E-state index is -2.06. The molecule has 0 aliphatic rings. The molecule has 2 nitrogen and oxygen atoms in total. The lowest BCUT2D eigenvalue weighted by molar-refractivity contribution is 0.536. The maximum atomic E-state index is 10.3. The van der Waals surface area contributed by atoms with Crippen LogP contribution in [0.1, 0.15) is 5.56 Å². The van der Waals surface area contributed by atoms with Crippen LogP contribution in [0.3, 0.4) is 0 Å². The van der Waals surface area contributed by atoms with Crippen molar-refractivity contribution in [1.29, 1.82) is 0 Å². The summed E-state index contributed by atoms with van der Waals surface area (Å²) in [5.74, 6) is -0.0142. The minimum absolute atomic E-state index is 0.0142. The number of hydrogen-bond acceptors (Lipinski definition) is 2. The van der Waals surface area contributed by atoms with E-state index >= 15 is 0 Å². The van der Waals surface area contributed by atoms with Crippen LogP contribution in [0.4, 0.5) is 0 Å². The Kier molecular flexibility index (Phi) is 3.05. The van der Waals surface area contributed by atoms with E-state index in [2.05, 4.69) is 0 Å². The molecule has 0 amide bonds. The third-order valence-electron chi connectivity index (χ3n) is 1.23. The van der Waals surface area contributed by atoms with Gasteiger partial charge in [-0.25, -0.2) is 0 Å². The van der Waals surface area contributed by atoms with Crippen molar-refractivity contribution in [3.63, 3.8) is 0 Å². The van der Waals surface area contributed by atoms with Crippen molar-refractivity contribution in [3.8, 4) is 0 Å². The Balaban J connectivity index is 2.86. The molecule has 1 aromatic rings. The van der Waals surface area contributed by atoms with E-state index in [1.807, 2.05) is 0 Å². The lowest BCUT2D eigenvalue weighted by atomic mass is 10.2. The summed E-state index contributed by atoms with van der Waals surface area (Å²) in [7, 11) is 0. The van der Waals surface area contributed by atoms with Crippen LogP contribution in [-0.4, -0.2) is 8.76 Å². The summed E-state index contributed by atoms with van der Waals surface area (Å²) in [6, 6.07) is 6.88. The first kappa shape index (κ1) is 8.71. The molecule has 1 rings (SSSR count). The third kappa shape index (κ3) is 2.61. The van der Waals surface area contributed by atoms with E-state index in [1.54, 1.807) is 24.3 Å². The molecule has 4 heteroatoms. The molecular weight excluding hydrogens is 184 g/mol. The van der Waals surface area contributed by atoms with Gasteiger partial charge in [-0.15, -0.1) is 0 Å². The summed E-state index contributed by atoms with van der Waals surface area (Å²) in [4.78, 5) is 0. The normalized spacial score (nSPS) is 12.9. The molecule has 11 heavy (non-hydrogen) atoms. The van der Waals surface area contributed by atoms with Crippen molar-refractivity contribution in [2.24, 2.45) is 0 Å². The number of benzene rings is 1. The summed E-state index contributed by atoms with van der Waals surface area (Å²) >= 11 is 3.63. The molecule has 1 unspecified atom stereocenters. The Morgan fingerprint density at radius 2 is 2.09 bits per heavy atom. The fraction of sp³-hybridized carbons (Fsp3) is 0.143. The van der Waals surface area contributed by atoms with Crippen molar-refractivity contribution in [2.75, 3.05) is 0 Å². The molecule has 1 atom stereocenters. The molecule has 0 spiro atoms. The average Bonchev–Trinajstić information content (AvgIpc) is 1.93. The van der Waals surface area contributed by atoms with Crippen LogP contribution in [0.25, 0.3) is 0 Å². The van der Waals surface area contributed by atoms with Gasteiger partial charge in [-0.2, -0.15) is 0 Å². The molecule has 1 aromatic carbocycles. The highest BCUT2D eigenvalue weighted by molar-refractivity contribution is 7.78. The zero-order valence-electron chi connectivity index (χ0n) is 5.62. The second-order valence-corrected chi connectivity index (χ2v) is 3.34. The van der Waals surface area contributed by atoms with Crippen LogP contribution in [0.15, 0.2) is 24.3 Å². The predicted molar refractivity (Wildman–Crippen MR) is 44.1 cm³/mol. The Morgan fingerprint density at radius 3 is 2.64 bits per heavy atom. The Bertz CT molecular complexity index is 275. The van der Waals surface area contributed by atoms with E-state index in [9.17, 15) is 8.76 Å². The van der Waals surface area contributed by atoms with Gasteiger partial charge < -0.3 is 4.55 Å². The SMILES string of the molecule is O=S([O-])Cc1ccccc1Cl. The second kappa shape index (κ2) is 3.85. The van der Waals surface area contributed by atoms with E-state index < -0.39 is 11.1 Å². The molecule has 0 saturated carbocycles. The molecule has 0 fully saturated rings. The standard InChI is InChI=1S/C7H7ClO2S/c8-7-4-2-1-3-6(7)5-11(9)10/h1-4H,5H2,(H,9,10)/p-1. The van der Waals surface area contributed by atoms with Gasteiger partial charge in [0.05, 0.1) is 0 Å². The molecular formula is C7H6ClO2S-. The molecule has 0 N–H and O–H groups in total. The van der Waals surface area contributed by atoms with Gasteiger partial charge in [0.1, 0.15) is 0 Å². The lowest BCUT2D eigenvalue weighted by Crippen LogP contribution is -1.93. The van der Waals surface area contributed by atoms with Gasteiger partial charge in [-0.1, -0.05) is 40.9 Å². The monoisotopic (exact) mass is 189 g/mol. The predicted octanol–water partition coefficient (Wildman–Crippen LogP) is 1.72. The molecule has 0 aliphatic carbocycles. The van der Waals surface area contributed by atoms with Gasteiger partial charge in [0.25, 0.3) is 0 Å². The fourth-order valence-electron chi connectivity index (χ4n) is 0.742. The minimum Gasteiger partial charge on any atom is -0.772 e. The summed E-state index contributed by atoms with van der Waals surface area (Å²) in [6.45, 7) is 0. The van der Waals surface area contributed by atoms with Gasteiger partial charge in [0, 0.05) is 10.8 Å². The van der Waals surface area contributed by atoms with Crippen LogP contribution >= 0.6 is 11.6 Å². The first-order valence-electron chi connectivity index (χ1n) is 2.99. The van der Waals surface area contributed by atoms with Crippen LogP contribution in [-0.2, 0) is 16.8 Å². The number of rotatable bonds is 2. The van der Waals surface area contributed by atoms with Crippen molar-refractivity contribution < 1.29 is 8.76 Å². The summed E-state index contributed by atoms with van der Waals surface area (Å²) in [5, 5.41) is 0.497. The molecule has 60 valence electrons. The van der Waals surface area contributed by atoms with E-state index in [0.717, 1.165) is 0 Å². The van der Waals surface area contributed by atoms with Crippen LogP contribution < -0.4 is 0 Å². The quantitative estimate of drug-likeness (QED) is 0.665. The fourth-order valence-corrected chi connectivity index (χ4v) is 1.53. The largest absolute Gasteiger partial charge is 0.772 e. The summed E-state index contributed by atoms with van der Waals surface area (Å²) < 4.78 is 20.5. The molecule has 0 saturated heterocycles. The third-order valence-corrected chi connectivity index (χ3v) is 2.15. The average molecular weight is 190 g/mol. The molecule has 0 heterocycles. The Labute approximate surface area is 72.5 Å². The topological polar surface area (TPSA) is 40.1 Å². The first-order chi connectivity index (χ1) is 5.20. The molecule has 0 bridgehead atoms. The van der Waals surface area contributed by atoms with Gasteiger partial charge >= 0.3 is 0 Å². The molecule has 0 aliphatic heterocycles. The highest BCUT2D eigenvalue weighted by Gasteiger charge is 1.96. The van der Waals surface area contributed by atoms with E-state index in [1.165, 1.54) is 0 Å². The Morgan fingerprint density at radius 1 is 1.45 bits per heavy atom. The highest BCUT2D eigenvalue weighted by Crippen LogP contribution is 2.15. The molecule has 0 radical (unpaired) electrons. The van der Waals surface area contributed by atoms with E-state index in [-0.39, 0.29) is 5.75 Å². The van der Waals surface area contributed by atoms with Crippen molar-refractivity contribution in [3.05, 3.63) is 34.9 Å². The second-order valence-electron chi connectivity index (χ2n) is 2.04. The zero-order valence-corrected chi connectivity index (χ0v) is 7.19. The van der Waals surface area contributed by atoms with Crippen molar-refractivity contribution in [1.82, 2.24) is 0 Å². The Hall–Kier alpha value is -0.380. The number of hydrogen-bond donors (Lipinski definition) is 0.